The predicted molar refractivity (Wildman–Crippen MR) is 121 cm³/mol. The highest BCUT2D eigenvalue weighted by Crippen LogP contribution is 2.40. The van der Waals surface area contributed by atoms with E-state index in [1.807, 2.05) is 43.3 Å². The number of benzene rings is 1. The molecule has 0 aliphatic carbocycles. The van der Waals surface area contributed by atoms with Gasteiger partial charge in [0.05, 0.1) is 17.4 Å². The Bertz CT molecular complexity index is 1440. The summed E-state index contributed by atoms with van der Waals surface area (Å²) in [7, 11) is 1.93. The molecule has 1 aromatic carbocycles. The van der Waals surface area contributed by atoms with Gasteiger partial charge < -0.3 is 0 Å². The fraction of sp³-hybridized carbons (Fsp3) is 0.200. The normalized spacial score (nSPS) is 13.1. The second kappa shape index (κ2) is 6.87. The Labute approximate surface area is 180 Å². The number of aromatic nitrogens is 6. The Morgan fingerprint density at radius 1 is 1.03 bits per heavy atom. The van der Waals surface area contributed by atoms with Crippen molar-refractivity contribution < 1.29 is 0 Å². The van der Waals surface area contributed by atoms with E-state index in [0.717, 1.165) is 58.5 Å². The van der Waals surface area contributed by atoms with E-state index in [0.29, 0.717) is 0 Å². The Balaban J connectivity index is 1.57. The number of aryl methyl sites for hydroxylation is 3. The van der Waals surface area contributed by atoms with Gasteiger partial charge in [-0.25, -0.2) is 0 Å². The molecule has 0 bridgehead atoms. The van der Waals surface area contributed by atoms with Gasteiger partial charge in [0.1, 0.15) is 5.69 Å². The highest BCUT2D eigenvalue weighted by atomic mass is 15.3. The molecule has 0 fully saturated rings. The zero-order valence-corrected chi connectivity index (χ0v) is 17.6. The highest BCUT2D eigenvalue weighted by molar-refractivity contribution is 6.00. The molecule has 6 heteroatoms. The maximum atomic E-state index is 4.98. The van der Waals surface area contributed by atoms with Crippen molar-refractivity contribution in [2.24, 2.45) is 7.05 Å². The molecule has 0 saturated carbocycles. The summed E-state index contributed by atoms with van der Waals surface area (Å²) in [5.41, 5.74) is 9.72. The molecule has 4 aromatic heterocycles. The first-order valence-corrected chi connectivity index (χ1v) is 10.6. The molecule has 0 radical (unpaired) electrons. The summed E-state index contributed by atoms with van der Waals surface area (Å²) in [5.74, 6) is 0. The first kappa shape index (κ1) is 18.0. The second-order valence-electron chi connectivity index (χ2n) is 8.15. The molecule has 0 saturated heterocycles. The molecule has 0 N–H and O–H groups in total. The quantitative estimate of drug-likeness (QED) is 0.431. The van der Waals surface area contributed by atoms with E-state index < -0.39 is 0 Å². The van der Waals surface area contributed by atoms with Crippen LogP contribution in [0, 0.1) is 6.92 Å². The predicted octanol–water partition coefficient (Wildman–Crippen LogP) is 4.82. The Morgan fingerprint density at radius 2 is 1.97 bits per heavy atom. The van der Waals surface area contributed by atoms with Crippen LogP contribution in [0.2, 0.25) is 0 Å². The van der Waals surface area contributed by atoms with Crippen molar-refractivity contribution in [3.8, 4) is 33.6 Å². The van der Waals surface area contributed by atoms with E-state index in [-0.39, 0.29) is 0 Å². The molecule has 5 heterocycles. The molecule has 31 heavy (non-hydrogen) atoms. The number of hydrogen-bond donors (Lipinski definition) is 0. The van der Waals surface area contributed by atoms with Crippen LogP contribution in [0.1, 0.15) is 17.8 Å². The Kier molecular flexibility index (Phi) is 3.99. The minimum Gasteiger partial charge on any atom is -0.275 e. The van der Waals surface area contributed by atoms with Gasteiger partial charge in [0.2, 0.25) is 0 Å². The maximum Gasteiger partial charge on any atom is 0.119 e. The molecule has 6 nitrogen and oxygen atoms in total. The van der Waals surface area contributed by atoms with Crippen LogP contribution in [-0.4, -0.2) is 29.5 Å². The van der Waals surface area contributed by atoms with Crippen molar-refractivity contribution in [2.45, 2.75) is 26.3 Å². The van der Waals surface area contributed by atoms with Crippen molar-refractivity contribution >= 4 is 10.9 Å². The van der Waals surface area contributed by atoms with Crippen LogP contribution < -0.4 is 0 Å². The molecule has 0 amide bonds. The van der Waals surface area contributed by atoms with Crippen molar-refractivity contribution in [1.29, 1.82) is 0 Å². The smallest absolute Gasteiger partial charge is 0.119 e. The lowest BCUT2D eigenvalue weighted by Crippen LogP contribution is -1.95. The van der Waals surface area contributed by atoms with Crippen molar-refractivity contribution in [3.05, 3.63) is 72.4 Å². The van der Waals surface area contributed by atoms with Gasteiger partial charge in [-0.2, -0.15) is 10.2 Å². The van der Waals surface area contributed by atoms with E-state index in [1.54, 1.807) is 0 Å². The van der Waals surface area contributed by atoms with Crippen LogP contribution in [-0.2, 0) is 20.0 Å². The minimum atomic E-state index is 0.925. The average molecular weight is 406 g/mol. The van der Waals surface area contributed by atoms with Crippen LogP contribution in [0.4, 0.5) is 0 Å². The van der Waals surface area contributed by atoms with Gasteiger partial charge in [0.25, 0.3) is 0 Å². The standard InChI is InChI=1S/C25H22N6/c1-16-5-3-6-21(28-16)25-24(23-7-4-12-31(23)29-25)20-10-11-26-22-13-17(8-9-19(20)22)18-14-27-30(2)15-18/h3,5-6,8-11,13-15H,4,7,12H2,1-2H3. The summed E-state index contributed by atoms with van der Waals surface area (Å²) in [6.45, 7) is 2.98. The number of pyridine rings is 2. The molecule has 0 atom stereocenters. The molecular formula is C25H22N6. The van der Waals surface area contributed by atoms with Gasteiger partial charge in [0.15, 0.2) is 0 Å². The van der Waals surface area contributed by atoms with Gasteiger partial charge >= 0.3 is 0 Å². The number of rotatable bonds is 3. The molecule has 0 spiro atoms. The number of nitrogens with zero attached hydrogens (tertiary/aromatic N) is 6. The fourth-order valence-electron chi connectivity index (χ4n) is 4.59. The van der Waals surface area contributed by atoms with Crippen LogP contribution >= 0.6 is 0 Å². The van der Waals surface area contributed by atoms with E-state index in [4.69, 9.17) is 10.1 Å². The summed E-state index contributed by atoms with van der Waals surface area (Å²) in [6.07, 6.45) is 7.97. The molecule has 6 rings (SSSR count). The highest BCUT2D eigenvalue weighted by Gasteiger charge is 2.25. The van der Waals surface area contributed by atoms with E-state index in [2.05, 4.69) is 51.2 Å². The molecular weight excluding hydrogens is 384 g/mol. The van der Waals surface area contributed by atoms with Crippen LogP contribution in [0.5, 0.6) is 0 Å². The summed E-state index contributed by atoms with van der Waals surface area (Å²) in [6, 6.07) is 14.7. The van der Waals surface area contributed by atoms with E-state index in [9.17, 15) is 0 Å². The van der Waals surface area contributed by atoms with Gasteiger partial charge in [-0.05, 0) is 55.2 Å². The molecule has 0 unspecified atom stereocenters. The third-order valence-electron chi connectivity index (χ3n) is 6.02. The lowest BCUT2D eigenvalue weighted by atomic mass is 9.95. The average Bonchev–Trinajstić information content (AvgIpc) is 3.49. The third-order valence-corrected chi connectivity index (χ3v) is 6.02. The zero-order valence-electron chi connectivity index (χ0n) is 17.6. The molecule has 152 valence electrons. The van der Waals surface area contributed by atoms with Crippen molar-refractivity contribution in [1.82, 2.24) is 29.5 Å². The summed E-state index contributed by atoms with van der Waals surface area (Å²) >= 11 is 0. The summed E-state index contributed by atoms with van der Waals surface area (Å²) < 4.78 is 3.98. The summed E-state index contributed by atoms with van der Waals surface area (Å²) in [4.78, 5) is 9.46. The lowest BCUT2D eigenvalue weighted by molar-refractivity contribution is 0.658. The fourth-order valence-corrected chi connectivity index (χ4v) is 4.59. The first-order chi connectivity index (χ1) is 15.2. The number of hydrogen-bond acceptors (Lipinski definition) is 4. The second-order valence-corrected chi connectivity index (χ2v) is 8.15. The molecule has 1 aliphatic heterocycles. The van der Waals surface area contributed by atoms with Crippen molar-refractivity contribution in [2.75, 3.05) is 0 Å². The monoisotopic (exact) mass is 406 g/mol. The van der Waals surface area contributed by atoms with Crippen LogP contribution in [0.3, 0.4) is 0 Å². The van der Waals surface area contributed by atoms with Crippen molar-refractivity contribution in [3.63, 3.8) is 0 Å². The minimum absolute atomic E-state index is 0.925. The lowest BCUT2D eigenvalue weighted by Gasteiger charge is -2.10. The zero-order chi connectivity index (χ0) is 20.9. The maximum absolute atomic E-state index is 4.98. The van der Waals surface area contributed by atoms with E-state index >= 15 is 0 Å². The van der Waals surface area contributed by atoms with Gasteiger partial charge in [-0.3, -0.25) is 19.3 Å². The van der Waals surface area contributed by atoms with Crippen LogP contribution in [0.25, 0.3) is 44.5 Å². The van der Waals surface area contributed by atoms with Gasteiger partial charge in [-0.1, -0.05) is 18.2 Å². The topological polar surface area (TPSA) is 61.4 Å². The summed E-state index contributed by atoms with van der Waals surface area (Å²) in [5, 5.41) is 10.4. The number of fused-ring (bicyclic) bond motifs is 2. The first-order valence-electron chi connectivity index (χ1n) is 10.6. The van der Waals surface area contributed by atoms with Gasteiger partial charge in [0, 0.05) is 53.9 Å². The van der Waals surface area contributed by atoms with E-state index in [1.165, 1.54) is 16.8 Å². The van der Waals surface area contributed by atoms with Crippen LogP contribution in [0.15, 0.2) is 61.1 Å². The Hall–Kier alpha value is -3.80. The third kappa shape index (κ3) is 2.94. The molecule has 1 aliphatic rings. The SMILES string of the molecule is Cc1cccc(-c2nn3c(c2-c2ccnc4cc(-c5cnn(C)c5)ccc24)CCC3)n1. The van der Waals surface area contributed by atoms with Gasteiger partial charge in [-0.15, -0.1) is 0 Å². The Morgan fingerprint density at radius 3 is 2.81 bits per heavy atom. The molecule has 5 aromatic rings. The largest absolute Gasteiger partial charge is 0.275 e.